The molecule has 0 saturated carbocycles. The molecule has 1 atom stereocenters. The number of hydrogen-bond donors (Lipinski definition) is 3. The second-order valence-electron chi connectivity index (χ2n) is 9.11. The third-order valence-electron chi connectivity index (χ3n) is 6.62. The molecule has 0 spiro atoms. The van der Waals surface area contributed by atoms with Crippen molar-refractivity contribution in [3.8, 4) is 11.1 Å². The molecule has 1 aromatic carbocycles. The monoisotopic (exact) mass is 501 g/mol. The summed E-state index contributed by atoms with van der Waals surface area (Å²) in [5, 5.41) is 22.8. The van der Waals surface area contributed by atoms with Crippen molar-refractivity contribution in [2.24, 2.45) is 12.0 Å². The molecule has 1 aliphatic heterocycles. The van der Waals surface area contributed by atoms with Gasteiger partial charge in [0.1, 0.15) is 17.8 Å². The van der Waals surface area contributed by atoms with Crippen molar-refractivity contribution in [3.63, 3.8) is 0 Å². The van der Waals surface area contributed by atoms with E-state index in [9.17, 15) is 9.50 Å². The second kappa shape index (κ2) is 9.94. The van der Waals surface area contributed by atoms with Gasteiger partial charge >= 0.3 is 0 Å². The van der Waals surface area contributed by atoms with Crippen LogP contribution in [-0.4, -0.2) is 73.1 Å². The van der Waals surface area contributed by atoms with Crippen LogP contribution in [0.4, 0.5) is 10.3 Å². The van der Waals surface area contributed by atoms with E-state index in [0.717, 1.165) is 23.2 Å². The summed E-state index contributed by atoms with van der Waals surface area (Å²) in [5.41, 5.74) is 2.59. The Morgan fingerprint density at radius 1 is 1.08 bits per heavy atom. The molecule has 0 bridgehead atoms. The lowest BCUT2D eigenvalue weighted by Crippen LogP contribution is -2.49. The van der Waals surface area contributed by atoms with Crippen molar-refractivity contribution in [3.05, 3.63) is 84.0 Å². The summed E-state index contributed by atoms with van der Waals surface area (Å²) in [6, 6.07) is 7.77. The number of halogens is 1. The van der Waals surface area contributed by atoms with E-state index in [0.29, 0.717) is 49.1 Å². The zero-order chi connectivity index (χ0) is 26.0. The summed E-state index contributed by atoms with van der Waals surface area (Å²) in [4.78, 5) is 20.8. The summed E-state index contributed by atoms with van der Waals surface area (Å²) in [6.45, 7) is 4.32. The lowest BCUT2D eigenvalue weighted by molar-refractivity contribution is 0.101. The van der Waals surface area contributed by atoms with Gasteiger partial charge in [0, 0.05) is 74.7 Å². The van der Waals surface area contributed by atoms with Crippen LogP contribution in [0.15, 0.2) is 66.3 Å². The number of aromatic nitrogens is 5. The third kappa shape index (κ3) is 4.98. The topological polar surface area (TPSA) is 122 Å². The van der Waals surface area contributed by atoms with Crippen LogP contribution < -0.4 is 4.90 Å². The molecule has 11 heteroatoms. The first kappa shape index (κ1) is 24.3. The van der Waals surface area contributed by atoms with Crippen LogP contribution in [0.5, 0.6) is 0 Å². The van der Waals surface area contributed by atoms with Gasteiger partial charge in [0.05, 0.1) is 11.9 Å². The lowest BCUT2D eigenvalue weighted by atomic mass is 9.90. The number of aliphatic imine (C=N–C) groups is 1. The largest absolute Gasteiger partial charge is 0.381 e. The van der Waals surface area contributed by atoms with Crippen LogP contribution in [0, 0.1) is 11.2 Å². The van der Waals surface area contributed by atoms with Gasteiger partial charge < -0.3 is 19.9 Å². The van der Waals surface area contributed by atoms with Gasteiger partial charge in [-0.2, -0.15) is 5.10 Å². The van der Waals surface area contributed by atoms with E-state index in [1.54, 1.807) is 36.1 Å². The average Bonchev–Trinajstić information content (AvgIpc) is 3.57. The number of H-pyrrole nitrogens is 1. The van der Waals surface area contributed by atoms with Crippen molar-refractivity contribution in [2.45, 2.75) is 12.5 Å². The highest BCUT2D eigenvalue weighted by atomic mass is 19.1. The number of nitrogens with one attached hydrogen (secondary N) is 2. The molecular formula is C26H28FN9O. The Kier molecular flexibility index (Phi) is 6.53. The van der Waals surface area contributed by atoms with Crippen LogP contribution in [0.2, 0.25) is 0 Å². The van der Waals surface area contributed by atoms with Crippen LogP contribution in [-0.2, 0) is 12.6 Å². The molecule has 10 nitrogen and oxygen atoms in total. The normalized spacial score (nSPS) is 16.1. The number of nitrogens with zero attached hydrogens (tertiary/aromatic N) is 7. The first-order valence-corrected chi connectivity index (χ1v) is 11.9. The standard InChI is InChI=1S/C26H28FN9O/c1-26(37,20-3-5-22(27)6-4-20)21-14-30-25(31-15-21)36-9-7-35(8-10-36)24(32-17-28)23-11-18(12-29-23)19-13-33-34(2)16-19/h3-6,11-17,28-29,37H,7-10H2,1-2H3/b28-17?,32-24+/t26-/m0/s1. The highest BCUT2D eigenvalue weighted by Crippen LogP contribution is 2.29. The molecule has 5 rings (SSSR count). The number of anilines is 1. The third-order valence-corrected chi connectivity index (χ3v) is 6.62. The van der Waals surface area contributed by atoms with E-state index in [2.05, 4.69) is 34.8 Å². The van der Waals surface area contributed by atoms with E-state index in [4.69, 9.17) is 5.41 Å². The molecule has 1 saturated heterocycles. The summed E-state index contributed by atoms with van der Waals surface area (Å²) in [7, 11) is 1.88. The van der Waals surface area contributed by atoms with Crippen LogP contribution >= 0.6 is 0 Å². The molecule has 0 aliphatic carbocycles. The van der Waals surface area contributed by atoms with Crippen molar-refractivity contribution in [1.29, 1.82) is 5.41 Å². The fourth-order valence-corrected chi connectivity index (χ4v) is 4.44. The Morgan fingerprint density at radius 2 is 1.78 bits per heavy atom. The quantitative estimate of drug-likeness (QED) is 0.276. The fraction of sp³-hybridized carbons (Fsp3) is 0.269. The highest BCUT2D eigenvalue weighted by molar-refractivity contribution is 6.01. The van der Waals surface area contributed by atoms with Crippen molar-refractivity contribution in [2.75, 3.05) is 31.1 Å². The minimum atomic E-state index is -1.34. The Bertz CT molecular complexity index is 1400. The highest BCUT2D eigenvalue weighted by Gasteiger charge is 2.28. The SMILES string of the molecule is Cn1cc(-c2c[nH]c(/C(=N\C=N)N3CCN(c4ncc([C@@](C)(O)c5ccc(F)cc5)cn4)CC3)c2)cn1. The van der Waals surface area contributed by atoms with Gasteiger partial charge in [0.15, 0.2) is 5.84 Å². The van der Waals surface area contributed by atoms with E-state index >= 15 is 0 Å². The first-order chi connectivity index (χ1) is 17.8. The number of piperazine rings is 1. The van der Waals surface area contributed by atoms with Gasteiger partial charge in [0.25, 0.3) is 0 Å². The molecule has 1 fully saturated rings. The Hall–Kier alpha value is -4.38. The molecule has 4 heterocycles. The molecule has 0 amide bonds. The van der Waals surface area contributed by atoms with E-state index < -0.39 is 5.60 Å². The van der Waals surface area contributed by atoms with Crippen LogP contribution in [0.3, 0.4) is 0 Å². The Labute approximate surface area is 213 Å². The molecule has 1 aliphatic rings. The van der Waals surface area contributed by atoms with Gasteiger partial charge in [-0.05, 0) is 30.7 Å². The van der Waals surface area contributed by atoms with Crippen LogP contribution in [0.25, 0.3) is 11.1 Å². The van der Waals surface area contributed by atoms with Gasteiger partial charge in [0.2, 0.25) is 5.95 Å². The van der Waals surface area contributed by atoms with Gasteiger partial charge in [-0.1, -0.05) is 12.1 Å². The average molecular weight is 502 g/mol. The zero-order valence-electron chi connectivity index (χ0n) is 20.6. The smallest absolute Gasteiger partial charge is 0.225 e. The number of aliphatic hydroxyl groups is 1. The summed E-state index contributed by atoms with van der Waals surface area (Å²) < 4.78 is 15.0. The number of amidine groups is 1. The van der Waals surface area contributed by atoms with Crippen LogP contribution in [0.1, 0.15) is 23.7 Å². The van der Waals surface area contributed by atoms with E-state index in [1.165, 1.54) is 12.1 Å². The molecule has 3 aromatic heterocycles. The Balaban J connectivity index is 1.26. The minimum Gasteiger partial charge on any atom is -0.381 e. The Morgan fingerprint density at radius 3 is 2.41 bits per heavy atom. The van der Waals surface area contributed by atoms with E-state index in [1.807, 2.05) is 31.7 Å². The molecule has 190 valence electrons. The van der Waals surface area contributed by atoms with Crippen molar-refractivity contribution < 1.29 is 9.50 Å². The lowest BCUT2D eigenvalue weighted by Gasteiger charge is -2.36. The van der Waals surface area contributed by atoms with Crippen molar-refractivity contribution >= 4 is 18.1 Å². The van der Waals surface area contributed by atoms with Crippen molar-refractivity contribution in [1.82, 2.24) is 29.6 Å². The number of hydrogen-bond acceptors (Lipinski definition) is 6. The summed E-state index contributed by atoms with van der Waals surface area (Å²) >= 11 is 0. The molecule has 3 N–H and O–H groups in total. The number of aryl methyl sites for hydroxylation is 1. The maximum Gasteiger partial charge on any atom is 0.225 e. The molecule has 4 aromatic rings. The van der Waals surface area contributed by atoms with Gasteiger partial charge in [-0.25, -0.2) is 19.4 Å². The predicted octanol–water partition coefficient (Wildman–Crippen LogP) is 2.78. The number of aromatic amines is 1. The zero-order valence-corrected chi connectivity index (χ0v) is 20.6. The molecule has 37 heavy (non-hydrogen) atoms. The number of benzene rings is 1. The molecular weight excluding hydrogens is 473 g/mol. The molecule has 0 unspecified atom stereocenters. The van der Waals surface area contributed by atoms with Gasteiger partial charge in [-0.15, -0.1) is 0 Å². The minimum absolute atomic E-state index is 0.357. The fourth-order valence-electron chi connectivity index (χ4n) is 4.44. The second-order valence-corrected chi connectivity index (χ2v) is 9.11. The summed E-state index contributed by atoms with van der Waals surface area (Å²) in [5.74, 6) is 0.920. The maximum absolute atomic E-state index is 13.3. The number of rotatable bonds is 6. The molecule has 0 radical (unpaired) electrons. The first-order valence-electron chi connectivity index (χ1n) is 11.9. The van der Waals surface area contributed by atoms with E-state index in [-0.39, 0.29) is 5.82 Å². The summed E-state index contributed by atoms with van der Waals surface area (Å²) in [6.07, 6.45) is 9.95. The maximum atomic E-state index is 13.3. The predicted molar refractivity (Wildman–Crippen MR) is 139 cm³/mol. The van der Waals surface area contributed by atoms with Gasteiger partial charge in [-0.3, -0.25) is 10.1 Å².